The largest absolute Gasteiger partial charge is 0.353 e. The molecule has 0 bridgehead atoms. The highest BCUT2D eigenvalue weighted by atomic mass is 32.1. The standard InChI is InChI=1S/C17H20N6OS/c1-2-13-9-14-16(25-13)20-11-23(17(14)24)12-21-5-7-22(8-6-21)15-10-18-3-4-19-15/h3-4,9-11H,2,5-8,12H2,1H3. The smallest absolute Gasteiger partial charge is 0.263 e. The lowest BCUT2D eigenvalue weighted by Crippen LogP contribution is -2.48. The van der Waals surface area contributed by atoms with Crippen molar-refractivity contribution in [3.63, 3.8) is 0 Å². The van der Waals surface area contributed by atoms with Crippen LogP contribution in [0.25, 0.3) is 10.2 Å². The quantitative estimate of drug-likeness (QED) is 0.707. The van der Waals surface area contributed by atoms with E-state index >= 15 is 0 Å². The summed E-state index contributed by atoms with van der Waals surface area (Å²) in [6, 6.07) is 1.98. The summed E-state index contributed by atoms with van der Waals surface area (Å²) in [5, 5.41) is 0.738. The zero-order chi connectivity index (χ0) is 17.2. The van der Waals surface area contributed by atoms with E-state index in [4.69, 9.17) is 0 Å². The molecule has 4 rings (SSSR count). The third kappa shape index (κ3) is 3.27. The Hall–Kier alpha value is -2.32. The summed E-state index contributed by atoms with van der Waals surface area (Å²) >= 11 is 1.61. The molecule has 1 saturated heterocycles. The predicted octanol–water partition coefficient (Wildman–Crippen LogP) is 1.59. The number of anilines is 1. The molecule has 130 valence electrons. The third-order valence-electron chi connectivity index (χ3n) is 4.52. The van der Waals surface area contributed by atoms with Crippen LogP contribution in [0.1, 0.15) is 11.8 Å². The van der Waals surface area contributed by atoms with E-state index in [0.29, 0.717) is 6.67 Å². The van der Waals surface area contributed by atoms with Gasteiger partial charge in [-0.3, -0.25) is 19.2 Å². The van der Waals surface area contributed by atoms with Gasteiger partial charge >= 0.3 is 0 Å². The van der Waals surface area contributed by atoms with Crippen molar-refractivity contribution < 1.29 is 0 Å². The van der Waals surface area contributed by atoms with Crippen molar-refractivity contribution in [1.82, 2.24) is 24.4 Å². The fourth-order valence-electron chi connectivity index (χ4n) is 3.07. The van der Waals surface area contributed by atoms with Crippen molar-refractivity contribution in [2.75, 3.05) is 31.1 Å². The molecule has 0 N–H and O–H groups in total. The number of aromatic nitrogens is 4. The maximum Gasteiger partial charge on any atom is 0.263 e. The Labute approximate surface area is 149 Å². The second-order valence-corrected chi connectivity index (χ2v) is 7.23. The van der Waals surface area contributed by atoms with Crippen LogP contribution in [0.3, 0.4) is 0 Å². The zero-order valence-electron chi connectivity index (χ0n) is 14.1. The van der Waals surface area contributed by atoms with Gasteiger partial charge in [-0.2, -0.15) is 0 Å². The third-order valence-corrected chi connectivity index (χ3v) is 5.70. The van der Waals surface area contributed by atoms with Crippen molar-refractivity contribution in [3.8, 4) is 0 Å². The van der Waals surface area contributed by atoms with Crippen molar-refractivity contribution in [2.45, 2.75) is 20.0 Å². The number of aryl methyl sites for hydroxylation is 1. The van der Waals surface area contributed by atoms with Crippen LogP contribution in [0.15, 0.2) is 35.8 Å². The Morgan fingerprint density at radius 3 is 2.72 bits per heavy atom. The first-order chi connectivity index (χ1) is 12.2. The summed E-state index contributed by atoms with van der Waals surface area (Å²) in [7, 11) is 0. The number of rotatable bonds is 4. The fraction of sp³-hybridized carbons (Fsp3) is 0.412. The zero-order valence-corrected chi connectivity index (χ0v) is 14.9. The normalized spacial score (nSPS) is 15.8. The van der Waals surface area contributed by atoms with Gasteiger partial charge in [0.25, 0.3) is 5.56 Å². The van der Waals surface area contributed by atoms with Crippen molar-refractivity contribution in [3.05, 3.63) is 46.2 Å². The highest BCUT2D eigenvalue weighted by molar-refractivity contribution is 7.18. The number of fused-ring (bicyclic) bond motifs is 1. The highest BCUT2D eigenvalue weighted by Gasteiger charge is 2.19. The maximum atomic E-state index is 12.7. The molecular weight excluding hydrogens is 336 g/mol. The summed E-state index contributed by atoms with van der Waals surface area (Å²) < 4.78 is 1.71. The molecule has 3 aromatic rings. The summed E-state index contributed by atoms with van der Waals surface area (Å²) in [5.41, 5.74) is 0.0531. The monoisotopic (exact) mass is 356 g/mol. The molecule has 0 amide bonds. The van der Waals surface area contributed by atoms with E-state index in [2.05, 4.69) is 31.7 Å². The SMILES string of the molecule is CCc1cc2c(=O)n(CN3CCN(c4cnccn4)CC3)cnc2s1. The molecule has 0 spiro atoms. The molecule has 0 saturated carbocycles. The number of thiophene rings is 1. The molecule has 1 aliphatic rings. The van der Waals surface area contributed by atoms with Crippen LogP contribution in [-0.4, -0.2) is 50.6 Å². The molecule has 0 radical (unpaired) electrons. The second kappa shape index (κ2) is 6.89. The van der Waals surface area contributed by atoms with E-state index in [1.54, 1.807) is 40.8 Å². The van der Waals surface area contributed by atoms with Crippen LogP contribution in [0.2, 0.25) is 0 Å². The van der Waals surface area contributed by atoms with E-state index in [1.165, 1.54) is 4.88 Å². The van der Waals surface area contributed by atoms with E-state index in [0.717, 1.165) is 48.6 Å². The Bertz CT molecular complexity index is 914. The average Bonchev–Trinajstić information content (AvgIpc) is 3.10. The molecule has 4 heterocycles. The Balaban J connectivity index is 1.46. The first-order valence-electron chi connectivity index (χ1n) is 8.46. The van der Waals surface area contributed by atoms with Gasteiger partial charge in [0, 0.05) is 43.4 Å². The fourth-order valence-corrected chi connectivity index (χ4v) is 4.00. The minimum Gasteiger partial charge on any atom is -0.353 e. The Morgan fingerprint density at radius 1 is 1.16 bits per heavy atom. The van der Waals surface area contributed by atoms with Crippen molar-refractivity contribution >= 4 is 27.4 Å². The van der Waals surface area contributed by atoms with E-state index in [-0.39, 0.29) is 5.56 Å². The van der Waals surface area contributed by atoms with Gasteiger partial charge in [0.15, 0.2) is 0 Å². The Morgan fingerprint density at radius 2 is 2.00 bits per heavy atom. The molecular formula is C17H20N6OS. The molecule has 0 unspecified atom stereocenters. The van der Waals surface area contributed by atoms with Crippen LogP contribution in [-0.2, 0) is 13.1 Å². The van der Waals surface area contributed by atoms with E-state index in [9.17, 15) is 4.79 Å². The number of nitrogens with zero attached hydrogens (tertiary/aromatic N) is 6. The average molecular weight is 356 g/mol. The summed E-state index contributed by atoms with van der Waals surface area (Å²) in [6.07, 6.45) is 7.80. The first kappa shape index (κ1) is 16.2. The molecule has 0 aromatic carbocycles. The summed E-state index contributed by atoms with van der Waals surface area (Å²) in [6.45, 7) is 6.19. The Kier molecular flexibility index (Phi) is 4.46. The van der Waals surface area contributed by atoms with Gasteiger partial charge in [0.05, 0.1) is 18.3 Å². The maximum absolute atomic E-state index is 12.7. The van der Waals surface area contributed by atoms with E-state index < -0.39 is 0 Å². The highest BCUT2D eigenvalue weighted by Crippen LogP contribution is 2.21. The van der Waals surface area contributed by atoms with Crippen LogP contribution < -0.4 is 10.5 Å². The van der Waals surface area contributed by atoms with E-state index in [1.807, 2.05) is 6.07 Å². The number of hydrogen-bond acceptors (Lipinski definition) is 7. The van der Waals surface area contributed by atoms with Crippen LogP contribution >= 0.6 is 11.3 Å². The summed E-state index contributed by atoms with van der Waals surface area (Å²) in [4.78, 5) is 32.2. The minimum atomic E-state index is 0.0531. The van der Waals surface area contributed by atoms with Crippen molar-refractivity contribution in [1.29, 1.82) is 0 Å². The molecule has 0 aliphatic carbocycles. The lowest BCUT2D eigenvalue weighted by Gasteiger charge is -2.35. The van der Waals surface area contributed by atoms with Gasteiger partial charge in [-0.05, 0) is 12.5 Å². The van der Waals surface area contributed by atoms with Crippen molar-refractivity contribution in [2.24, 2.45) is 0 Å². The topological polar surface area (TPSA) is 67.2 Å². The van der Waals surface area contributed by atoms with Crippen LogP contribution in [0, 0.1) is 0 Å². The molecule has 8 heteroatoms. The molecule has 0 atom stereocenters. The van der Waals surface area contributed by atoms with Crippen LogP contribution in [0.5, 0.6) is 0 Å². The lowest BCUT2D eigenvalue weighted by molar-refractivity contribution is 0.202. The van der Waals surface area contributed by atoms with Gasteiger partial charge in [0.2, 0.25) is 0 Å². The number of hydrogen-bond donors (Lipinski definition) is 0. The molecule has 1 aliphatic heterocycles. The minimum absolute atomic E-state index is 0.0531. The van der Waals surface area contributed by atoms with Gasteiger partial charge in [-0.25, -0.2) is 9.97 Å². The van der Waals surface area contributed by atoms with Crippen LogP contribution in [0.4, 0.5) is 5.82 Å². The second-order valence-electron chi connectivity index (χ2n) is 6.11. The molecule has 3 aromatic heterocycles. The summed E-state index contributed by atoms with van der Waals surface area (Å²) in [5.74, 6) is 0.910. The molecule has 7 nitrogen and oxygen atoms in total. The number of piperazine rings is 1. The molecule has 1 fully saturated rings. The van der Waals surface area contributed by atoms with Gasteiger partial charge in [-0.15, -0.1) is 11.3 Å². The van der Waals surface area contributed by atoms with Gasteiger partial charge < -0.3 is 4.90 Å². The van der Waals surface area contributed by atoms with Gasteiger partial charge in [0.1, 0.15) is 17.0 Å². The predicted molar refractivity (Wildman–Crippen MR) is 99.1 cm³/mol. The lowest BCUT2D eigenvalue weighted by atomic mass is 10.3. The first-order valence-corrected chi connectivity index (χ1v) is 9.27. The molecule has 25 heavy (non-hydrogen) atoms. The van der Waals surface area contributed by atoms with Gasteiger partial charge in [-0.1, -0.05) is 6.92 Å².